The van der Waals surface area contributed by atoms with E-state index in [-0.39, 0.29) is 12.3 Å². The maximum absolute atomic E-state index is 12.9. The lowest BCUT2D eigenvalue weighted by Gasteiger charge is -2.34. The number of esters is 1. The molecular weight excluding hydrogens is 441 g/mol. The highest BCUT2D eigenvalue weighted by atomic mass is 31.2. The van der Waals surface area contributed by atoms with E-state index in [0.717, 1.165) is 24.2 Å². The Bertz CT molecular complexity index is 888. The number of anilines is 3. The summed E-state index contributed by atoms with van der Waals surface area (Å²) >= 11 is 0. The first-order valence-corrected chi connectivity index (χ1v) is 12.1. The van der Waals surface area contributed by atoms with Gasteiger partial charge < -0.3 is 30.5 Å². The highest BCUT2D eigenvalue weighted by Crippen LogP contribution is 2.52. The van der Waals surface area contributed by atoms with Crippen LogP contribution < -0.4 is 16.0 Å². The molecule has 2 aliphatic rings. The van der Waals surface area contributed by atoms with Crippen molar-refractivity contribution in [3.63, 3.8) is 0 Å². The molecule has 0 amide bonds. The van der Waals surface area contributed by atoms with Crippen molar-refractivity contribution < 1.29 is 33.0 Å². The minimum Gasteiger partial charge on any atom is -0.438 e. The topological polar surface area (TPSA) is 158 Å². The Morgan fingerprint density at radius 3 is 2.66 bits per heavy atom. The lowest BCUT2D eigenvalue weighted by atomic mass is 9.98. The minimum atomic E-state index is -3.85. The van der Waals surface area contributed by atoms with Crippen LogP contribution in [0.2, 0.25) is 0 Å². The quantitative estimate of drug-likeness (QED) is 0.257. The maximum atomic E-state index is 12.9. The predicted molar refractivity (Wildman–Crippen MR) is 117 cm³/mol. The number of fused-ring (bicyclic) bond motifs is 1. The molecule has 1 unspecified atom stereocenters. The van der Waals surface area contributed by atoms with Crippen LogP contribution in [-0.2, 0) is 27.9 Å². The monoisotopic (exact) mass is 473 g/mol. The molecule has 4 N–H and O–H groups in total. The summed E-state index contributed by atoms with van der Waals surface area (Å²) in [5.41, 5.74) is 6.14. The van der Waals surface area contributed by atoms with E-state index in [4.69, 9.17) is 29.4 Å². The van der Waals surface area contributed by atoms with Crippen LogP contribution in [0.25, 0.3) is 0 Å². The summed E-state index contributed by atoms with van der Waals surface area (Å²) < 4.78 is 34.0. The average molecular weight is 473 g/mol. The molecule has 1 aromatic heterocycles. The van der Waals surface area contributed by atoms with Crippen molar-refractivity contribution in [1.82, 2.24) is 9.97 Å². The van der Waals surface area contributed by atoms with Gasteiger partial charge in [-0.1, -0.05) is 0 Å². The second-order valence-corrected chi connectivity index (χ2v) is 11.0. The molecule has 2 heterocycles. The second kappa shape index (κ2) is 9.48. The molecule has 0 saturated heterocycles. The highest BCUT2D eigenvalue weighted by molar-refractivity contribution is 7.53. The molecule has 1 aliphatic heterocycles. The van der Waals surface area contributed by atoms with Gasteiger partial charge in [0, 0.05) is 19.6 Å². The Morgan fingerprint density at radius 2 is 2.03 bits per heavy atom. The van der Waals surface area contributed by atoms with Gasteiger partial charge in [-0.05, 0) is 40.5 Å². The van der Waals surface area contributed by atoms with Gasteiger partial charge in [0.2, 0.25) is 12.7 Å². The fourth-order valence-corrected chi connectivity index (χ4v) is 4.26. The van der Waals surface area contributed by atoms with Crippen molar-refractivity contribution in [3.05, 3.63) is 5.69 Å². The van der Waals surface area contributed by atoms with Crippen molar-refractivity contribution in [3.8, 4) is 0 Å². The predicted octanol–water partition coefficient (Wildman–Crippen LogP) is 1.83. The second-order valence-electron chi connectivity index (χ2n) is 8.97. The molecular formula is C19H32N5O7P. The molecule has 0 radical (unpaired) electrons. The number of carbonyl (C=O) groups is 1. The van der Waals surface area contributed by atoms with Gasteiger partial charge in [0.15, 0.2) is 12.6 Å². The first kappa shape index (κ1) is 24.7. The van der Waals surface area contributed by atoms with Crippen LogP contribution in [0.15, 0.2) is 0 Å². The van der Waals surface area contributed by atoms with Crippen LogP contribution in [0.5, 0.6) is 0 Å². The number of nitrogens with two attached hydrogens (primary N) is 1. The number of nitrogen functional groups attached to an aromatic ring is 1. The summed E-state index contributed by atoms with van der Waals surface area (Å²) in [6.07, 6.45) is 1.12. The summed E-state index contributed by atoms with van der Waals surface area (Å²) in [5, 5.41) is 12.4. The molecule has 1 aromatic rings. The van der Waals surface area contributed by atoms with E-state index < -0.39 is 38.2 Å². The number of hydrogen-bond donors (Lipinski definition) is 3. The highest BCUT2D eigenvalue weighted by Gasteiger charge is 2.48. The van der Waals surface area contributed by atoms with E-state index in [2.05, 4.69) is 20.2 Å². The normalized spacial score (nSPS) is 19.0. The number of carbonyl (C=O) groups excluding carboxylic acids is 1. The number of aryl methyl sites for hydroxylation is 1. The smallest absolute Gasteiger partial charge is 0.361 e. The van der Waals surface area contributed by atoms with Gasteiger partial charge in [0.05, 0.1) is 22.4 Å². The van der Waals surface area contributed by atoms with Crippen molar-refractivity contribution in [1.29, 1.82) is 0 Å². The SMILES string of the molecule is Cc1nc(N)nc2c1NCCN2CC1(OCP(=O)(OCO)OCOC(=O)C(C)(C)C)CC1. The molecule has 32 heavy (non-hydrogen) atoms. The van der Waals surface area contributed by atoms with Crippen molar-refractivity contribution in [2.75, 3.05) is 55.5 Å². The van der Waals surface area contributed by atoms with Gasteiger partial charge >= 0.3 is 13.6 Å². The lowest BCUT2D eigenvalue weighted by Crippen LogP contribution is -2.42. The fourth-order valence-electron chi connectivity index (χ4n) is 3.22. The Labute approximate surface area is 187 Å². The molecule has 1 aliphatic carbocycles. The third-order valence-corrected chi connectivity index (χ3v) is 6.65. The van der Waals surface area contributed by atoms with E-state index in [1.165, 1.54) is 0 Å². The number of hydrogen-bond acceptors (Lipinski definition) is 12. The van der Waals surface area contributed by atoms with E-state index in [0.29, 0.717) is 25.5 Å². The van der Waals surface area contributed by atoms with Crippen LogP contribution >= 0.6 is 7.60 Å². The summed E-state index contributed by atoms with van der Waals surface area (Å²) in [6, 6.07) is 0. The summed E-state index contributed by atoms with van der Waals surface area (Å²) in [5.74, 6) is 0.387. The third kappa shape index (κ3) is 6.08. The molecule has 1 saturated carbocycles. The van der Waals surface area contributed by atoms with Crippen LogP contribution in [0.3, 0.4) is 0 Å². The minimum absolute atomic E-state index is 0.194. The van der Waals surface area contributed by atoms with E-state index >= 15 is 0 Å². The van der Waals surface area contributed by atoms with Crippen LogP contribution in [0, 0.1) is 12.3 Å². The fraction of sp³-hybridized carbons (Fsp3) is 0.737. The van der Waals surface area contributed by atoms with Crippen molar-refractivity contribution in [2.45, 2.75) is 46.1 Å². The van der Waals surface area contributed by atoms with Gasteiger partial charge in [0.1, 0.15) is 6.35 Å². The van der Waals surface area contributed by atoms with Gasteiger partial charge in [-0.2, -0.15) is 4.98 Å². The third-order valence-electron chi connectivity index (χ3n) is 5.19. The number of aliphatic hydroxyl groups is 1. The first-order valence-electron chi connectivity index (χ1n) is 10.4. The van der Waals surface area contributed by atoms with Gasteiger partial charge in [-0.25, -0.2) is 4.98 Å². The maximum Gasteiger partial charge on any atom is 0.361 e. The largest absolute Gasteiger partial charge is 0.438 e. The molecule has 3 rings (SSSR count). The summed E-state index contributed by atoms with van der Waals surface area (Å²) in [4.78, 5) is 22.5. The average Bonchev–Trinajstić information content (AvgIpc) is 3.46. The number of nitrogens with zero attached hydrogens (tertiary/aromatic N) is 3. The Morgan fingerprint density at radius 1 is 1.31 bits per heavy atom. The molecule has 0 spiro atoms. The Balaban J connectivity index is 1.60. The Kier molecular flexibility index (Phi) is 7.31. The van der Waals surface area contributed by atoms with Crippen LogP contribution in [0.4, 0.5) is 17.5 Å². The Hall–Kier alpha value is -1.98. The summed E-state index contributed by atoms with van der Waals surface area (Å²) in [6.45, 7) is 7.46. The molecule has 180 valence electrons. The van der Waals surface area contributed by atoms with Crippen molar-refractivity contribution >= 4 is 31.0 Å². The number of nitrogens with one attached hydrogen (secondary N) is 1. The van der Waals surface area contributed by atoms with Crippen LogP contribution in [-0.4, -0.2) is 66.2 Å². The molecule has 12 nitrogen and oxygen atoms in total. The van der Waals surface area contributed by atoms with Gasteiger partial charge in [-0.15, -0.1) is 0 Å². The van der Waals surface area contributed by atoms with Crippen molar-refractivity contribution in [2.24, 2.45) is 5.41 Å². The van der Waals surface area contributed by atoms with E-state index in [1.54, 1.807) is 20.8 Å². The zero-order chi connectivity index (χ0) is 23.6. The zero-order valence-corrected chi connectivity index (χ0v) is 19.8. The number of aromatic nitrogens is 2. The molecule has 1 atom stereocenters. The molecule has 1 fully saturated rings. The van der Waals surface area contributed by atoms with E-state index in [9.17, 15) is 9.36 Å². The molecule has 0 aromatic carbocycles. The number of rotatable bonds is 10. The number of ether oxygens (including phenoxy) is 2. The standard InChI is InChI=1S/C19H32N5O7P/c1-13-14-15(23-17(20)22-13)24(8-7-21-14)9-19(5-6-19)29-12-32(27,30-10-25)31-11-28-16(26)18(2,3)4/h21,25H,5-12H2,1-4H3,(H2,20,22,23). The summed E-state index contributed by atoms with van der Waals surface area (Å²) in [7, 11) is -3.85. The molecule has 13 heteroatoms. The van der Waals surface area contributed by atoms with Crippen LogP contribution in [0.1, 0.15) is 39.3 Å². The lowest BCUT2D eigenvalue weighted by molar-refractivity contribution is -0.160. The first-order chi connectivity index (χ1) is 15.0. The van der Waals surface area contributed by atoms with Gasteiger partial charge in [-0.3, -0.25) is 18.4 Å². The number of aliphatic hydroxyl groups excluding tert-OH is 1. The van der Waals surface area contributed by atoms with E-state index in [1.807, 2.05) is 6.92 Å². The van der Waals surface area contributed by atoms with Gasteiger partial charge in [0.25, 0.3) is 0 Å². The molecule has 0 bridgehead atoms. The zero-order valence-electron chi connectivity index (χ0n) is 18.9.